The fourth-order valence-corrected chi connectivity index (χ4v) is 5.38. The minimum atomic E-state index is -0.286. The van der Waals surface area contributed by atoms with E-state index in [0.717, 1.165) is 12.8 Å². The van der Waals surface area contributed by atoms with Crippen molar-refractivity contribution in [1.29, 1.82) is 0 Å². The number of nitrogens with zero attached hydrogens (tertiary/aromatic N) is 2. The van der Waals surface area contributed by atoms with Gasteiger partial charge in [-0.1, -0.05) is 13.8 Å². The number of carbonyl (C=O) groups excluding carboxylic acids is 2. The van der Waals surface area contributed by atoms with E-state index < -0.39 is 0 Å². The second-order valence-corrected chi connectivity index (χ2v) is 9.16. The summed E-state index contributed by atoms with van der Waals surface area (Å²) in [6, 6.07) is 3.15. The van der Waals surface area contributed by atoms with Crippen molar-refractivity contribution < 1.29 is 14.3 Å². The van der Waals surface area contributed by atoms with Gasteiger partial charge in [0.2, 0.25) is 5.91 Å². The third-order valence-corrected chi connectivity index (χ3v) is 6.78. The Morgan fingerprint density at radius 3 is 2.86 bits per heavy atom. The SMILES string of the molecule is CCn1ccc(C(=O)N2C[C@@H]3[C@H](CNC(=O)CC(C)C)[C@H]4CC[C@]3(C2)O4)cc1=O. The van der Waals surface area contributed by atoms with Gasteiger partial charge >= 0.3 is 0 Å². The summed E-state index contributed by atoms with van der Waals surface area (Å²) >= 11 is 0. The van der Waals surface area contributed by atoms with Gasteiger partial charge in [-0.25, -0.2) is 0 Å². The largest absolute Gasteiger partial charge is 0.369 e. The van der Waals surface area contributed by atoms with Gasteiger partial charge in [-0.3, -0.25) is 14.4 Å². The van der Waals surface area contributed by atoms with Crippen LogP contribution in [0.4, 0.5) is 0 Å². The molecule has 158 valence electrons. The molecule has 4 atom stereocenters. The van der Waals surface area contributed by atoms with Crippen molar-refractivity contribution in [3.63, 3.8) is 0 Å². The highest BCUT2D eigenvalue weighted by atomic mass is 16.5. The Bertz CT molecular complexity index is 864. The van der Waals surface area contributed by atoms with Gasteiger partial charge in [0, 0.05) is 55.7 Å². The van der Waals surface area contributed by atoms with Gasteiger partial charge < -0.3 is 19.5 Å². The lowest BCUT2D eigenvalue weighted by Crippen LogP contribution is -2.42. The van der Waals surface area contributed by atoms with Crippen molar-refractivity contribution in [2.24, 2.45) is 17.8 Å². The zero-order valence-corrected chi connectivity index (χ0v) is 17.5. The van der Waals surface area contributed by atoms with E-state index in [9.17, 15) is 14.4 Å². The van der Waals surface area contributed by atoms with Gasteiger partial charge in [-0.15, -0.1) is 0 Å². The van der Waals surface area contributed by atoms with Crippen molar-refractivity contribution in [3.8, 4) is 0 Å². The fourth-order valence-electron chi connectivity index (χ4n) is 5.38. The third kappa shape index (κ3) is 3.61. The number of ether oxygens (including phenoxy) is 1. The Kier molecular flexibility index (Phi) is 5.27. The highest BCUT2D eigenvalue weighted by Gasteiger charge is 2.63. The molecule has 2 bridgehead atoms. The number of hydrogen-bond donors (Lipinski definition) is 1. The predicted molar refractivity (Wildman–Crippen MR) is 109 cm³/mol. The van der Waals surface area contributed by atoms with E-state index in [4.69, 9.17) is 4.74 Å². The van der Waals surface area contributed by atoms with E-state index in [1.165, 1.54) is 6.07 Å². The third-order valence-electron chi connectivity index (χ3n) is 6.78. The molecule has 0 aromatic carbocycles. The molecule has 7 nitrogen and oxygen atoms in total. The highest BCUT2D eigenvalue weighted by molar-refractivity contribution is 5.94. The van der Waals surface area contributed by atoms with Crippen LogP contribution in [0.5, 0.6) is 0 Å². The molecule has 3 aliphatic rings. The van der Waals surface area contributed by atoms with Crippen molar-refractivity contribution in [2.45, 2.75) is 58.3 Å². The molecule has 1 aromatic heterocycles. The molecule has 3 saturated heterocycles. The van der Waals surface area contributed by atoms with Crippen LogP contribution < -0.4 is 10.9 Å². The first-order chi connectivity index (χ1) is 13.8. The smallest absolute Gasteiger partial charge is 0.254 e. The molecule has 7 heteroatoms. The first-order valence-electron chi connectivity index (χ1n) is 10.8. The van der Waals surface area contributed by atoms with Crippen LogP contribution in [0.2, 0.25) is 0 Å². The predicted octanol–water partition coefficient (Wildman–Crippen LogP) is 1.65. The number of fused-ring (bicyclic) bond motifs is 1. The molecule has 0 unspecified atom stereocenters. The molecule has 1 spiro atoms. The molecule has 0 aliphatic carbocycles. The highest BCUT2D eigenvalue weighted by Crippen LogP contribution is 2.54. The Morgan fingerprint density at radius 2 is 2.17 bits per heavy atom. The molecule has 2 amide bonds. The van der Waals surface area contributed by atoms with Crippen LogP contribution in [0.1, 0.15) is 50.4 Å². The molecule has 4 heterocycles. The molecular weight excluding hydrogens is 370 g/mol. The summed E-state index contributed by atoms with van der Waals surface area (Å²) in [5, 5.41) is 3.08. The van der Waals surface area contributed by atoms with Crippen LogP contribution in [0.15, 0.2) is 23.1 Å². The summed E-state index contributed by atoms with van der Waals surface area (Å²) in [6.07, 6.45) is 4.32. The quantitative estimate of drug-likeness (QED) is 0.786. The topological polar surface area (TPSA) is 80.6 Å². The molecule has 3 fully saturated rings. The fraction of sp³-hybridized carbons (Fsp3) is 0.682. The lowest BCUT2D eigenvalue weighted by molar-refractivity contribution is -0.122. The van der Waals surface area contributed by atoms with Crippen molar-refractivity contribution in [3.05, 3.63) is 34.2 Å². The standard InChI is InChI=1S/C22H31N3O4/c1-4-24-8-6-15(10-20(24)27)21(28)25-12-17-16(11-23-19(26)9-14(2)3)18-5-7-22(17,13-25)29-18/h6,8,10,14,16-18H,4-5,7,9,11-13H2,1-3H3,(H,23,26)/t16-,17+,18+,22+/m0/s1. The number of aryl methyl sites for hydroxylation is 1. The Morgan fingerprint density at radius 1 is 1.38 bits per heavy atom. The van der Waals surface area contributed by atoms with Crippen molar-refractivity contribution in [1.82, 2.24) is 14.8 Å². The molecule has 29 heavy (non-hydrogen) atoms. The van der Waals surface area contributed by atoms with Crippen LogP contribution in [0.25, 0.3) is 0 Å². The summed E-state index contributed by atoms with van der Waals surface area (Å²) in [5.41, 5.74) is -0.00199. The number of aromatic nitrogens is 1. The number of hydrogen-bond acceptors (Lipinski definition) is 4. The van der Waals surface area contributed by atoms with Crippen molar-refractivity contribution in [2.75, 3.05) is 19.6 Å². The molecule has 3 aliphatic heterocycles. The van der Waals surface area contributed by atoms with Crippen LogP contribution in [0, 0.1) is 17.8 Å². The summed E-state index contributed by atoms with van der Waals surface area (Å²) in [6.45, 7) is 8.36. The van der Waals surface area contributed by atoms with Gasteiger partial charge in [0.05, 0.1) is 18.2 Å². The van der Waals surface area contributed by atoms with E-state index in [0.29, 0.717) is 44.1 Å². The van der Waals surface area contributed by atoms with Crippen LogP contribution in [-0.4, -0.2) is 52.6 Å². The Labute approximate surface area is 171 Å². The number of pyridine rings is 1. The maximum atomic E-state index is 13.0. The minimum absolute atomic E-state index is 0.0826. The molecule has 1 aromatic rings. The van der Waals surface area contributed by atoms with Gasteiger partial charge in [0.15, 0.2) is 0 Å². The molecule has 1 N–H and O–H groups in total. The lowest BCUT2D eigenvalue weighted by Gasteiger charge is -2.29. The summed E-state index contributed by atoms with van der Waals surface area (Å²) < 4.78 is 7.95. The molecular formula is C22H31N3O4. The van der Waals surface area contributed by atoms with E-state index in [2.05, 4.69) is 5.32 Å². The average Bonchev–Trinajstić information content (AvgIpc) is 3.33. The minimum Gasteiger partial charge on any atom is -0.369 e. The number of nitrogens with one attached hydrogen (secondary N) is 1. The van der Waals surface area contributed by atoms with E-state index in [1.807, 2.05) is 25.7 Å². The number of likely N-dealkylation sites (tertiary alicyclic amines) is 1. The zero-order chi connectivity index (χ0) is 20.8. The maximum absolute atomic E-state index is 13.0. The van der Waals surface area contributed by atoms with E-state index in [1.54, 1.807) is 16.8 Å². The number of carbonyl (C=O) groups is 2. The van der Waals surface area contributed by atoms with Crippen LogP contribution >= 0.6 is 0 Å². The number of amides is 2. The zero-order valence-electron chi connectivity index (χ0n) is 17.5. The normalized spacial score (nSPS) is 30.1. The molecule has 0 radical (unpaired) electrons. The Hall–Kier alpha value is -2.15. The maximum Gasteiger partial charge on any atom is 0.254 e. The van der Waals surface area contributed by atoms with Gasteiger partial charge in [0.25, 0.3) is 11.5 Å². The summed E-state index contributed by atoms with van der Waals surface area (Å²) in [7, 11) is 0. The van der Waals surface area contributed by atoms with E-state index in [-0.39, 0.29) is 40.9 Å². The first kappa shape index (κ1) is 20.1. The molecule has 0 saturated carbocycles. The lowest BCUT2D eigenvalue weighted by atomic mass is 9.73. The van der Waals surface area contributed by atoms with Crippen molar-refractivity contribution >= 4 is 11.8 Å². The average molecular weight is 402 g/mol. The van der Waals surface area contributed by atoms with Crippen LogP contribution in [0.3, 0.4) is 0 Å². The van der Waals surface area contributed by atoms with Crippen LogP contribution in [-0.2, 0) is 16.1 Å². The summed E-state index contributed by atoms with van der Waals surface area (Å²) in [5.74, 6) is 0.787. The second kappa shape index (κ2) is 7.59. The monoisotopic (exact) mass is 401 g/mol. The Balaban J connectivity index is 1.45. The van der Waals surface area contributed by atoms with Gasteiger partial charge in [0.1, 0.15) is 0 Å². The van der Waals surface area contributed by atoms with Gasteiger partial charge in [-0.05, 0) is 31.7 Å². The van der Waals surface area contributed by atoms with E-state index >= 15 is 0 Å². The molecule has 4 rings (SSSR count). The van der Waals surface area contributed by atoms with Gasteiger partial charge in [-0.2, -0.15) is 0 Å². The number of rotatable bonds is 6. The summed E-state index contributed by atoms with van der Waals surface area (Å²) in [4.78, 5) is 39.1. The second-order valence-electron chi connectivity index (χ2n) is 9.16. The first-order valence-corrected chi connectivity index (χ1v) is 10.8.